The summed E-state index contributed by atoms with van der Waals surface area (Å²) in [7, 11) is 0. The van der Waals surface area contributed by atoms with E-state index in [0.717, 1.165) is 18.4 Å². The lowest BCUT2D eigenvalue weighted by Crippen LogP contribution is -2.41. The molecular formula is C15H21ClN2O2. The van der Waals surface area contributed by atoms with Crippen LogP contribution >= 0.6 is 11.6 Å². The summed E-state index contributed by atoms with van der Waals surface area (Å²) in [6, 6.07) is 1.96. The Morgan fingerprint density at radius 2 is 2.00 bits per heavy atom. The van der Waals surface area contributed by atoms with Crippen LogP contribution in [0.5, 0.6) is 0 Å². The Labute approximate surface area is 125 Å². The van der Waals surface area contributed by atoms with Crippen LogP contribution in [-0.4, -0.2) is 34.7 Å². The highest BCUT2D eigenvalue weighted by atomic mass is 35.5. The van der Waals surface area contributed by atoms with Crippen LogP contribution in [0.2, 0.25) is 5.02 Å². The second-order valence-corrected chi connectivity index (χ2v) is 6.61. The predicted molar refractivity (Wildman–Crippen MR) is 79.0 cm³/mol. The van der Waals surface area contributed by atoms with Crippen molar-refractivity contribution in [3.05, 3.63) is 29.0 Å². The van der Waals surface area contributed by atoms with E-state index in [9.17, 15) is 4.79 Å². The van der Waals surface area contributed by atoms with Crippen molar-refractivity contribution in [3.8, 4) is 0 Å². The van der Waals surface area contributed by atoms with Crippen molar-refractivity contribution in [3.63, 3.8) is 0 Å². The fourth-order valence-corrected chi connectivity index (χ4v) is 2.56. The standard InChI is InChI=1S/C15H21ClN2O2/c1-15(2,3)20-14(19)18-6-4-11(5-7-18)12-8-13(16)10-17-9-12/h8-11H,4-7H2,1-3H3. The molecule has 0 spiro atoms. The molecule has 2 rings (SSSR count). The van der Waals surface area contributed by atoms with E-state index in [1.54, 1.807) is 11.1 Å². The molecule has 0 radical (unpaired) electrons. The van der Waals surface area contributed by atoms with Crippen LogP contribution in [0.1, 0.15) is 45.1 Å². The molecule has 1 aliphatic rings. The zero-order chi connectivity index (χ0) is 14.8. The summed E-state index contributed by atoms with van der Waals surface area (Å²) in [6.07, 6.45) is 5.11. The fraction of sp³-hybridized carbons (Fsp3) is 0.600. The van der Waals surface area contributed by atoms with Gasteiger partial charge in [-0.3, -0.25) is 4.98 Å². The van der Waals surface area contributed by atoms with Gasteiger partial charge < -0.3 is 9.64 Å². The van der Waals surface area contributed by atoms with E-state index in [4.69, 9.17) is 16.3 Å². The van der Waals surface area contributed by atoms with Crippen molar-refractivity contribution < 1.29 is 9.53 Å². The average Bonchev–Trinajstić information content (AvgIpc) is 2.37. The number of nitrogens with zero attached hydrogens (tertiary/aromatic N) is 2. The molecule has 0 atom stereocenters. The van der Waals surface area contributed by atoms with Crippen molar-refractivity contribution in [1.82, 2.24) is 9.88 Å². The third-order valence-electron chi connectivity index (χ3n) is 3.34. The van der Waals surface area contributed by atoms with E-state index >= 15 is 0 Å². The first kappa shape index (κ1) is 15.1. The molecular weight excluding hydrogens is 276 g/mol. The monoisotopic (exact) mass is 296 g/mol. The minimum atomic E-state index is -0.440. The molecule has 2 heterocycles. The topological polar surface area (TPSA) is 42.4 Å². The summed E-state index contributed by atoms with van der Waals surface area (Å²) in [5, 5.41) is 0.664. The maximum absolute atomic E-state index is 12.0. The zero-order valence-corrected chi connectivity index (χ0v) is 13.0. The first-order chi connectivity index (χ1) is 9.35. The first-order valence-electron chi connectivity index (χ1n) is 6.93. The molecule has 0 aliphatic carbocycles. The SMILES string of the molecule is CC(C)(C)OC(=O)N1CCC(c2cncc(Cl)c2)CC1. The minimum Gasteiger partial charge on any atom is -0.444 e. The fourth-order valence-electron chi connectivity index (χ4n) is 2.37. The van der Waals surface area contributed by atoms with E-state index in [1.165, 1.54) is 0 Å². The van der Waals surface area contributed by atoms with Gasteiger partial charge in [-0.25, -0.2) is 4.79 Å². The Morgan fingerprint density at radius 1 is 1.35 bits per heavy atom. The maximum Gasteiger partial charge on any atom is 0.410 e. The van der Waals surface area contributed by atoms with Crippen molar-refractivity contribution in [1.29, 1.82) is 0 Å². The Hall–Kier alpha value is -1.29. The highest BCUT2D eigenvalue weighted by Gasteiger charge is 2.27. The van der Waals surface area contributed by atoms with E-state index in [0.29, 0.717) is 24.0 Å². The Balaban J connectivity index is 1.91. The molecule has 20 heavy (non-hydrogen) atoms. The van der Waals surface area contributed by atoms with Crippen LogP contribution in [0.3, 0.4) is 0 Å². The zero-order valence-electron chi connectivity index (χ0n) is 12.2. The van der Waals surface area contributed by atoms with Crippen LogP contribution in [0.15, 0.2) is 18.5 Å². The number of carbonyl (C=O) groups is 1. The van der Waals surface area contributed by atoms with Gasteiger partial charge in [-0.2, -0.15) is 0 Å². The van der Waals surface area contributed by atoms with E-state index < -0.39 is 5.60 Å². The first-order valence-corrected chi connectivity index (χ1v) is 7.31. The third kappa shape index (κ3) is 4.10. The van der Waals surface area contributed by atoms with Gasteiger partial charge in [-0.1, -0.05) is 11.6 Å². The van der Waals surface area contributed by atoms with Gasteiger partial charge in [0.15, 0.2) is 0 Å². The minimum absolute atomic E-state index is 0.222. The Morgan fingerprint density at radius 3 is 2.55 bits per heavy atom. The van der Waals surface area contributed by atoms with Gasteiger partial charge in [0.05, 0.1) is 5.02 Å². The second kappa shape index (κ2) is 6.00. The second-order valence-electron chi connectivity index (χ2n) is 6.18. The molecule has 1 aliphatic heterocycles. The Bertz CT molecular complexity index is 477. The number of ether oxygens (including phenoxy) is 1. The summed E-state index contributed by atoms with van der Waals surface area (Å²) in [6.45, 7) is 7.08. The van der Waals surface area contributed by atoms with E-state index in [1.807, 2.05) is 33.0 Å². The number of likely N-dealkylation sites (tertiary alicyclic amines) is 1. The largest absolute Gasteiger partial charge is 0.444 e. The predicted octanol–water partition coefficient (Wildman–Crippen LogP) is 3.85. The molecule has 0 N–H and O–H groups in total. The van der Waals surface area contributed by atoms with Gasteiger partial charge in [-0.15, -0.1) is 0 Å². The summed E-state index contributed by atoms with van der Waals surface area (Å²) >= 11 is 5.97. The van der Waals surface area contributed by atoms with Crippen LogP contribution < -0.4 is 0 Å². The van der Waals surface area contributed by atoms with Crippen LogP contribution in [0, 0.1) is 0 Å². The van der Waals surface area contributed by atoms with E-state index in [-0.39, 0.29) is 6.09 Å². The molecule has 4 nitrogen and oxygen atoms in total. The number of aromatic nitrogens is 1. The lowest BCUT2D eigenvalue weighted by molar-refractivity contribution is 0.0205. The van der Waals surface area contributed by atoms with Gasteiger partial charge in [0, 0.05) is 25.5 Å². The molecule has 1 fully saturated rings. The summed E-state index contributed by atoms with van der Waals surface area (Å²) < 4.78 is 5.39. The summed E-state index contributed by atoms with van der Waals surface area (Å²) in [4.78, 5) is 17.9. The number of amides is 1. The van der Waals surface area contributed by atoms with E-state index in [2.05, 4.69) is 4.98 Å². The van der Waals surface area contributed by atoms with Crippen LogP contribution in [0.25, 0.3) is 0 Å². The maximum atomic E-state index is 12.0. The van der Waals surface area contributed by atoms with Crippen molar-refractivity contribution in [2.75, 3.05) is 13.1 Å². The van der Waals surface area contributed by atoms with Crippen LogP contribution in [0.4, 0.5) is 4.79 Å². The third-order valence-corrected chi connectivity index (χ3v) is 3.55. The van der Waals surface area contributed by atoms with Gasteiger partial charge in [0.1, 0.15) is 5.60 Å². The lowest BCUT2D eigenvalue weighted by Gasteiger charge is -2.33. The number of rotatable bonds is 1. The molecule has 1 saturated heterocycles. The van der Waals surface area contributed by atoms with Crippen LogP contribution in [-0.2, 0) is 4.74 Å². The number of pyridine rings is 1. The molecule has 0 aromatic carbocycles. The number of piperidine rings is 1. The normalized spacial score (nSPS) is 17.1. The molecule has 0 unspecified atom stereocenters. The Kier molecular flexibility index (Phi) is 4.53. The lowest BCUT2D eigenvalue weighted by atomic mass is 9.91. The van der Waals surface area contributed by atoms with Crippen molar-refractivity contribution in [2.24, 2.45) is 0 Å². The molecule has 1 aromatic heterocycles. The van der Waals surface area contributed by atoms with Crippen molar-refractivity contribution in [2.45, 2.75) is 45.1 Å². The number of halogens is 1. The van der Waals surface area contributed by atoms with Crippen molar-refractivity contribution >= 4 is 17.7 Å². The number of carbonyl (C=O) groups excluding carboxylic acids is 1. The number of hydrogen-bond donors (Lipinski definition) is 0. The molecule has 0 bridgehead atoms. The smallest absolute Gasteiger partial charge is 0.410 e. The number of hydrogen-bond acceptors (Lipinski definition) is 3. The summed E-state index contributed by atoms with van der Waals surface area (Å²) in [5.41, 5.74) is 0.714. The molecule has 1 amide bonds. The molecule has 0 saturated carbocycles. The quantitative estimate of drug-likeness (QED) is 0.790. The van der Waals surface area contributed by atoms with Gasteiger partial charge >= 0.3 is 6.09 Å². The molecule has 5 heteroatoms. The molecule has 110 valence electrons. The average molecular weight is 297 g/mol. The van der Waals surface area contributed by atoms with Gasteiger partial charge in [0.25, 0.3) is 0 Å². The molecule has 1 aromatic rings. The highest BCUT2D eigenvalue weighted by molar-refractivity contribution is 6.30. The summed E-state index contributed by atoms with van der Waals surface area (Å²) in [5.74, 6) is 0.417. The van der Waals surface area contributed by atoms with Gasteiger partial charge in [0.2, 0.25) is 0 Å². The highest BCUT2D eigenvalue weighted by Crippen LogP contribution is 2.29. The van der Waals surface area contributed by atoms with Gasteiger partial charge in [-0.05, 0) is 51.2 Å².